The number of methoxy groups -OCH3 is 2. The molecule has 2 saturated heterocycles. The SMILES string of the molecule is COc1cc(NC(=O)C2(OC)CCNCC2)ccc1N1CCCC1=O. The molecule has 1 aromatic rings. The Morgan fingerprint density at radius 2 is 2.04 bits per heavy atom. The van der Waals surface area contributed by atoms with Gasteiger partial charge in [0.15, 0.2) is 0 Å². The monoisotopic (exact) mass is 347 g/mol. The minimum Gasteiger partial charge on any atom is -0.494 e. The molecule has 0 saturated carbocycles. The summed E-state index contributed by atoms with van der Waals surface area (Å²) in [6.45, 7) is 2.20. The second-order valence-electron chi connectivity index (χ2n) is 6.44. The van der Waals surface area contributed by atoms with Crippen molar-refractivity contribution in [3.8, 4) is 5.75 Å². The van der Waals surface area contributed by atoms with Gasteiger partial charge in [-0.1, -0.05) is 0 Å². The van der Waals surface area contributed by atoms with E-state index in [-0.39, 0.29) is 11.8 Å². The molecule has 1 aromatic carbocycles. The van der Waals surface area contributed by atoms with Crippen LogP contribution in [0.5, 0.6) is 5.75 Å². The van der Waals surface area contributed by atoms with E-state index in [4.69, 9.17) is 9.47 Å². The normalized spacial score (nSPS) is 19.8. The second kappa shape index (κ2) is 7.41. The zero-order valence-electron chi connectivity index (χ0n) is 14.8. The molecule has 2 aliphatic rings. The van der Waals surface area contributed by atoms with E-state index < -0.39 is 5.60 Å². The van der Waals surface area contributed by atoms with Crippen molar-refractivity contribution < 1.29 is 19.1 Å². The Morgan fingerprint density at radius 3 is 2.64 bits per heavy atom. The molecule has 2 amide bonds. The maximum atomic E-state index is 12.7. The fourth-order valence-corrected chi connectivity index (χ4v) is 3.48. The van der Waals surface area contributed by atoms with Gasteiger partial charge >= 0.3 is 0 Å². The smallest absolute Gasteiger partial charge is 0.256 e. The van der Waals surface area contributed by atoms with Crippen LogP contribution in [0.2, 0.25) is 0 Å². The molecule has 2 heterocycles. The standard InChI is InChI=1S/C18H25N3O4/c1-24-15-12-13(5-6-14(15)21-11-3-4-16(21)22)20-17(23)18(25-2)7-9-19-10-8-18/h5-6,12,19H,3-4,7-11H2,1-2H3,(H,20,23). The molecule has 2 fully saturated rings. The first kappa shape index (κ1) is 17.7. The van der Waals surface area contributed by atoms with Gasteiger partial charge in [0.1, 0.15) is 11.4 Å². The molecule has 0 radical (unpaired) electrons. The molecule has 3 rings (SSSR count). The number of nitrogens with zero attached hydrogens (tertiary/aromatic N) is 1. The van der Waals surface area contributed by atoms with Gasteiger partial charge in [0.05, 0.1) is 12.8 Å². The first-order valence-corrected chi connectivity index (χ1v) is 8.65. The largest absolute Gasteiger partial charge is 0.494 e. The van der Waals surface area contributed by atoms with E-state index in [0.717, 1.165) is 25.2 Å². The Morgan fingerprint density at radius 1 is 1.28 bits per heavy atom. The van der Waals surface area contributed by atoms with Gasteiger partial charge in [-0.15, -0.1) is 0 Å². The molecule has 0 atom stereocenters. The second-order valence-corrected chi connectivity index (χ2v) is 6.44. The number of amides is 2. The van der Waals surface area contributed by atoms with E-state index in [9.17, 15) is 9.59 Å². The fourth-order valence-electron chi connectivity index (χ4n) is 3.48. The van der Waals surface area contributed by atoms with Crippen molar-refractivity contribution >= 4 is 23.2 Å². The van der Waals surface area contributed by atoms with Crippen LogP contribution in [0.1, 0.15) is 25.7 Å². The van der Waals surface area contributed by atoms with Crippen LogP contribution in [0.15, 0.2) is 18.2 Å². The molecular weight excluding hydrogens is 322 g/mol. The predicted octanol–water partition coefficient (Wildman–Crippen LogP) is 1.53. The van der Waals surface area contributed by atoms with Gasteiger partial charge in [0.2, 0.25) is 5.91 Å². The molecule has 2 aliphatic heterocycles. The minimum absolute atomic E-state index is 0.100. The molecule has 0 spiro atoms. The maximum absolute atomic E-state index is 12.7. The molecule has 25 heavy (non-hydrogen) atoms. The van der Waals surface area contributed by atoms with E-state index in [1.54, 1.807) is 31.3 Å². The number of carbonyl (C=O) groups is 2. The summed E-state index contributed by atoms with van der Waals surface area (Å²) in [5.74, 6) is 0.525. The molecule has 7 nitrogen and oxygen atoms in total. The van der Waals surface area contributed by atoms with Crippen LogP contribution in [-0.4, -0.2) is 51.3 Å². The third kappa shape index (κ3) is 3.48. The lowest BCUT2D eigenvalue weighted by Gasteiger charge is -2.34. The van der Waals surface area contributed by atoms with Gasteiger partial charge in [0.25, 0.3) is 5.91 Å². The molecule has 0 aromatic heterocycles. The molecule has 2 N–H and O–H groups in total. The Kier molecular flexibility index (Phi) is 5.24. The van der Waals surface area contributed by atoms with Crippen molar-refractivity contribution in [3.05, 3.63) is 18.2 Å². The number of ether oxygens (including phenoxy) is 2. The lowest BCUT2D eigenvalue weighted by Crippen LogP contribution is -2.51. The number of carbonyl (C=O) groups excluding carboxylic acids is 2. The summed E-state index contributed by atoms with van der Waals surface area (Å²) in [7, 11) is 3.14. The minimum atomic E-state index is -0.803. The van der Waals surface area contributed by atoms with Crippen molar-refractivity contribution in [2.24, 2.45) is 0 Å². The summed E-state index contributed by atoms with van der Waals surface area (Å²) in [4.78, 5) is 26.4. The molecular formula is C18H25N3O4. The molecule has 136 valence electrons. The Balaban J connectivity index is 1.78. The highest BCUT2D eigenvalue weighted by Gasteiger charge is 2.39. The van der Waals surface area contributed by atoms with Crippen molar-refractivity contribution in [1.29, 1.82) is 0 Å². The number of piperidine rings is 1. The van der Waals surface area contributed by atoms with Crippen LogP contribution in [-0.2, 0) is 14.3 Å². The fraction of sp³-hybridized carbons (Fsp3) is 0.556. The zero-order chi connectivity index (χ0) is 17.9. The van der Waals surface area contributed by atoms with Gasteiger partial charge in [-0.05, 0) is 44.5 Å². The molecule has 0 unspecified atom stereocenters. The summed E-state index contributed by atoms with van der Waals surface area (Å²) in [5, 5.41) is 6.17. The highest BCUT2D eigenvalue weighted by molar-refractivity contribution is 5.99. The van der Waals surface area contributed by atoms with Crippen LogP contribution < -0.4 is 20.3 Å². The summed E-state index contributed by atoms with van der Waals surface area (Å²) >= 11 is 0. The Labute approximate surface area is 147 Å². The van der Waals surface area contributed by atoms with Crippen LogP contribution in [0.3, 0.4) is 0 Å². The van der Waals surface area contributed by atoms with Crippen LogP contribution in [0.4, 0.5) is 11.4 Å². The Hall–Kier alpha value is -2.12. The quantitative estimate of drug-likeness (QED) is 0.844. The maximum Gasteiger partial charge on any atom is 0.256 e. The number of hydrogen-bond acceptors (Lipinski definition) is 5. The van der Waals surface area contributed by atoms with E-state index in [2.05, 4.69) is 10.6 Å². The van der Waals surface area contributed by atoms with E-state index in [1.165, 1.54) is 0 Å². The van der Waals surface area contributed by atoms with Crippen molar-refractivity contribution in [2.45, 2.75) is 31.3 Å². The van der Waals surface area contributed by atoms with Crippen LogP contribution >= 0.6 is 0 Å². The van der Waals surface area contributed by atoms with Gasteiger partial charge in [-0.3, -0.25) is 9.59 Å². The lowest BCUT2D eigenvalue weighted by atomic mass is 9.91. The molecule has 0 aliphatic carbocycles. The number of hydrogen-bond donors (Lipinski definition) is 2. The van der Waals surface area contributed by atoms with Crippen molar-refractivity contribution in [3.63, 3.8) is 0 Å². The van der Waals surface area contributed by atoms with E-state index in [0.29, 0.717) is 37.2 Å². The third-order valence-electron chi connectivity index (χ3n) is 5.02. The van der Waals surface area contributed by atoms with Gasteiger partial charge in [0, 0.05) is 31.8 Å². The number of anilines is 2. The molecule has 0 bridgehead atoms. The highest BCUT2D eigenvalue weighted by atomic mass is 16.5. The average molecular weight is 347 g/mol. The van der Waals surface area contributed by atoms with Crippen molar-refractivity contribution in [1.82, 2.24) is 5.32 Å². The summed E-state index contributed by atoms with van der Waals surface area (Å²) in [6.07, 6.45) is 2.68. The Bertz CT molecular complexity index is 656. The molecule has 7 heteroatoms. The predicted molar refractivity (Wildman–Crippen MR) is 95.1 cm³/mol. The van der Waals surface area contributed by atoms with Crippen LogP contribution in [0, 0.1) is 0 Å². The summed E-state index contributed by atoms with van der Waals surface area (Å²) < 4.78 is 11.0. The summed E-state index contributed by atoms with van der Waals surface area (Å²) in [6, 6.07) is 5.37. The van der Waals surface area contributed by atoms with E-state index in [1.807, 2.05) is 6.07 Å². The lowest BCUT2D eigenvalue weighted by molar-refractivity contribution is -0.140. The van der Waals surface area contributed by atoms with Crippen molar-refractivity contribution in [2.75, 3.05) is 44.1 Å². The third-order valence-corrected chi connectivity index (χ3v) is 5.02. The number of rotatable bonds is 5. The van der Waals surface area contributed by atoms with E-state index >= 15 is 0 Å². The summed E-state index contributed by atoms with van der Waals surface area (Å²) in [5.41, 5.74) is 0.570. The zero-order valence-corrected chi connectivity index (χ0v) is 14.8. The van der Waals surface area contributed by atoms with Gasteiger partial charge in [-0.25, -0.2) is 0 Å². The average Bonchev–Trinajstić information content (AvgIpc) is 3.07. The highest BCUT2D eigenvalue weighted by Crippen LogP contribution is 2.34. The first-order valence-electron chi connectivity index (χ1n) is 8.65. The van der Waals surface area contributed by atoms with Crippen LogP contribution in [0.25, 0.3) is 0 Å². The number of nitrogens with one attached hydrogen (secondary N) is 2. The topological polar surface area (TPSA) is 79.9 Å². The van der Waals surface area contributed by atoms with Gasteiger partial charge in [-0.2, -0.15) is 0 Å². The number of benzene rings is 1. The first-order chi connectivity index (χ1) is 12.1. The van der Waals surface area contributed by atoms with Gasteiger partial charge < -0.3 is 25.0 Å².